The number of aliphatic hydroxyl groups is 2. The maximum Gasteiger partial charge on any atom is 0.303 e. The van der Waals surface area contributed by atoms with Crippen LogP contribution in [0.4, 0.5) is 0 Å². The normalized spacial score (nSPS) is 49.0. The summed E-state index contributed by atoms with van der Waals surface area (Å²) in [5.41, 5.74) is -2.52. The van der Waals surface area contributed by atoms with Crippen molar-refractivity contribution in [3.63, 3.8) is 0 Å². The smallest absolute Gasteiger partial charge is 0.303 e. The molecule has 4 fully saturated rings. The van der Waals surface area contributed by atoms with Crippen LogP contribution in [-0.2, 0) is 19.1 Å². The minimum atomic E-state index is -1.62. The molecule has 0 heterocycles. The van der Waals surface area contributed by atoms with Gasteiger partial charge in [-0.1, -0.05) is 13.8 Å². The Labute approximate surface area is 172 Å². The van der Waals surface area contributed by atoms with Crippen LogP contribution in [0.15, 0.2) is 0 Å². The third-order valence-corrected chi connectivity index (χ3v) is 9.35. The molecule has 0 spiro atoms. The summed E-state index contributed by atoms with van der Waals surface area (Å²) in [7, 11) is 0. The van der Waals surface area contributed by atoms with Crippen LogP contribution in [0, 0.1) is 34.5 Å². The predicted molar refractivity (Wildman–Crippen MR) is 105 cm³/mol. The van der Waals surface area contributed by atoms with Crippen LogP contribution in [0.5, 0.6) is 0 Å². The number of ether oxygens (including phenoxy) is 1. The number of aliphatic hydroxyl groups excluding tert-OH is 1. The Morgan fingerprint density at radius 3 is 2.55 bits per heavy atom. The molecule has 29 heavy (non-hydrogen) atoms. The molecule has 8 atom stereocenters. The van der Waals surface area contributed by atoms with E-state index < -0.39 is 29.4 Å². The van der Waals surface area contributed by atoms with Gasteiger partial charge in [0.2, 0.25) is 5.78 Å². The van der Waals surface area contributed by atoms with Gasteiger partial charge in [0, 0.05) is 24.7 Å². The van der Waals surface area contributed by atoms with Gasteiger partial charge in [-0.05, 0) is 68.1 Å². The standard InChI is InChI=1S/C23H34O6/c1-13(24)29-12-19(27)23(28)9-7-17-16-5-4-14-10-15(25)6-8-21(14,2)20(16)18(26)11-22(17,23)3/h14-17,20,25,28H,4-12H2,1-3H3/t14-,15+,16-,17+,20-,21-,22-,23+/m0/s1. The Morgan fingerprint density at radius 1 is 1.14 bits per heavy atom. The van der Waals surface area contributed by atoms with E-state index in [-0.39, 0.29) is 41.5 Å². The lowest BCUT2D eigenvalue weighted by atomic mass is 9.44. The predicted octanol–water partition coefficient (Wildman–Crippen LogP) is 2.43. The number of Topliss-reactive ketones (excluding diaryl/α,β-unsaturated/α-hetero) is 2. The fourth-order valence-electron chi connectivity index (χ4n) is 7.80. The maximum atomic E-state index is 13.5. The van der Waals surface area contributed by atoms with Gasteiger partial charge in [-0.15, -0.1) is 0 Å². The van der Waals surface area contributed by atoms with Crippen molar-refractivity contribution in [1.29, 1.82) is 0 Å². The van der Waals surface area contributed by atoms with Gasteiger partial charge in [-0.3, -0.25) is 14.4 Å². The molecule has 0 aromatic carbocycles. The first-order chi connectivity index (χ1) is 13.5. The van der Waals surface area contributed by atoms with E-state index >= 15 is 0 Å². The summed E-state index contributed by atoms with van der Waals surface area (Å²) in [6.07, 6.45) is 5.28. The quantitative estimate of drug-likeness (QED) is 0.698. The molecular formula is C23H34O6. The Balaban J connectivity index is 1.63. The summed E-state index contributed by atoms with van der Waals surface area (Å²) in [6, 6.07) is 0. The van der Waals surface area contributed by atoms with E-state index in [2.05, 4.69) is 6.92 Å². The van der Waals surface area contributed by atoms with Crippen molar-refractivity contribution in [3.05, 3.63) is 0 Å². The zero-order valence-corrected chi connectivity index (χ0v) is 17.8. The Morgan fingerprint density at radius 2 is 1.86 bits per heavy atom. The first-order valence-electron chi connectivity index (χ1n) is 11.1. The minimum absolute atomic E-state index is 0.0438. The molecule has 6 heteroatoms. The Bertz CT molecular complexity index is 733. The van der Waals surface area contributed by atoms with E-state index in [0.717, 1.165) is 38.5 Å². The number of ketones is 2. The summed E-state index contributed by atoms with van der Waals surface area (Å²) in [5.74, 6) is -0.256. The van der Waals surface area contributed by atoms with E-state index in [1.807, 2.05) is 6.92 Å². The van der Waals surface area contributed by atoms with Crippen molar-refractivity contribution >= 4 is 17.5 Å². The molecule has 4 saturated carbocycles. The van der Waals surface area contributed by atoms with E-state index in [4.69, 9.17) is 4.74 Å². The molecular weight excluding hydrogens is 372 g/mol. The van der Waals surface area contributed by atoms with Crippen molar-refractivity contribution in [2.45, 2.75) is 83.8 Å². The van der Waals surface area contributed by atoms with Gasteiger partial charge in [-0.2, -0.15) is 0 Å². The van der Waals surface area contributed by atoms with Crippen LogP contribution in [0.1, 0.15) is 72.1 Å². The Hall–Kier alpha value is -1.27. The summed E-state index contributed by atoms with van der Waals surface area (Å²) in [4.78, 5) is 37.5. The number of carbonyl (C=O) groups is 3. The second-order valence-corrected chi connectivity index (χ2v) is 10.6. The third kappa shape index (κ3) is 2.93. The van der Waals surface area contributed by atoms with Crippen molar-refractivity contribution < 1.29 is 29.3 Å². The highest BCUT2D eigenvalue weighted by Gasteiger charge is 2.69. The van der Waals surface area contributed by atoms with E-state index in [1.165, 1.54) is 6.92 Å². The monoisotopic (exact) mass is 406 g/mol. The number of hydrogen-bond acceptors (Lipinski definition) is 6. The molecule has 0 amide bonds. The van der Waals surface area contributed by atoms with Crippen molar-refractivity contribution in [2.75, 3.05) is 6.61 Å². The van der Waals surface area contributed by atoms with Crippen LogP contribution in [0.2, 0.25) is 0 Å². The molecule has 2 N–H and O–H groups in total. The summed E-state index contributed by atoms with van der Waals surface area (Å²) in [5, 5.41) is 21.6. The number of carbonyl (C=O) groups excluding carboxylic acids is 3. The molecule has 0 saturated heterocycles. The molecule has 0 aromatic heterocycles. The van der Waals surface area contributed by atoms with Crippen molar-refractivity contribution in [1.82, 2.24) is 0 Å². The summed E-state index contributed by atoms with van der Waals surface area (Å²) in [6.45, 7) is 4.93. The largest absolute Gasteiger partial charge is 0.458 e. The SMILES string of the molecule is CC(=O)OCC(=O)[C@]1(O)CC[C@@H]2[C@@H]3CC[C@H]4C[C@H](O)CC[C@]4(C)[C@@H]3C(=O)C[C@@]21C. The van der Waals surface area contributed by atoms with E-state index in [0.29, 0.717) is 12.3 Å². The fraction of sp³-hybridized carbons (Fsp3) is 0.870. The highest BCUT2D eigenvalue weighted by Crippen LogP contribution is 2.67. The summed E-state index contributed by atoms with van der Waals surface area (Å²) >= 11 is 0. The van der Waals surface area contributed by atoms with Gasteiger partial charge in [0.25, 0.3) is 0 Å². The van der Waals surface area contributed by atoms with Crippen molar-refractivity contribution in [2.24, 2.45) is 34.5 Å². The van der Waals surface area contributed by atoms with Crippen LogP contribution in [-0.4, -0.2) is 46.1 Å². The third-order valence-electron chi connectivity index (χ3n) is 9.35. The molecule has 162 valence electrons. The fourth-order valence-corrected chi connectivity index (χ4v) is 7.80. The molecule has 6 nitrogen and oxygen atoms in total. The molecule has 4 aliphatic carbocycles. The molecule has 4 rings (SSSR count). The highest BCUT2D eigenvalue weighted by molar-refractivity contribution is 5.93. The zero-order valence-electron chi connectivity index (χ0n) is 17.8. The lowest BCUT2D eigenvalue weighted by Gasteiger charge is -2.60. The zero-order chi connectivity index (χ0) is 21.2. The molecule has 0 aromatic rings. The molecule has 0 radical (unpaired) electrons. The molecule has 4 aliphatic rings. The van der Waals surface area contributed by atoms with Gasteiger partial charge in [0.15, 0.2) is 6.61 Å². The molecule has 0 aliphatic heterocycles. The number of hydrogen-bond donors (Lipinski definition) is 2. The summed E-state index contributed by atoms with van der Waals surface area (Å²) < 4.78 is 4.88. The lowest BCUT2D eigenvalue weighted by Crippen LogP contribution is -2.62. The molecule has 0 bridgehead atoms. The van der Waals surface area contributed by atoms with Gasteiger partial charge in [0.1, 0.15) is 11.4 Å². The maximum absolute atomic E-state index is 13.5. The van der Waals surface area contributed by atoms with Crippen LogP contribution in [0.25, 0.3) is 0 Å². The average molecular weight is 407 g/mol. The van der Waals surface area contributed by atoms with E-state index in [9.17, 15) is 24.6 Å². The first-order valence-corrected chi connectivity index (χ1v) is 11.1. The van der Waals surface area contributed by atoms with E-state index in [1.54, 1.807) is 0 Å². The average Bonchev–Trinajstić information content (AvgIpc) is 2.91. The number of rotatable bonds is 3. The second-order valence-electron chi connectivity index (χ2n) is 10.6. The van der Waals surface area contributed by atoms with Gasteiger partial charge >= 0.3 is 5.97 Å². The minimum Gasteiger partial charge on any atom is -0.458 e. The topological polar surface area (TPSA) is 101 Å². The molecule has 0 unspecified atom stereocenters. The van der Waals surface area contributed by atoms with Crippen LogP contribution < -0.4 is 0 Å². The van der Waals surface area contributed by atoms with Gasteiger partial charge in [0.05, 0.1) is 6.10 Å². The van der Waals surface area contributed by atoms with Crippen LogP contribution >= 0.6 is 0 Å². The highest BCUT2D eigenvalue weighted by atomic mass is 16.5. The van der Waals surface area contributed by atoms with Crippen LogP contribution in [0.3, 0.4) is 0 Å². The van der Waals surface area contributed by atoms with Crippen molar-refractivity contribution in [3.8, 4) is 0 Å². The second kappa shape index (κ2) is 6.88. The first kappa shape index (κ1) is 21.0. The lowest BCUT2D eigenvalue weighted by molar-refractivity contribution is -0.181. The number of fused-ring (bicyclic) bond motifs is 5. The Kier molecular flexibility index (Phi) is 4.97. The number of esters is 1. The van der Waals surface area contributed by atoms with Gasteiger partial charge in [-0.25, -0.2) is 0 Å². The van der Waals surface area contributed by atoms with Gasteiger partial charge < -0.3 is 14.9 Å².